The van der Waals surface area contributed by atoms with Crippen molar-refractivity contribution < 1.29 is 29.2 Å². The normalized spacial score (nSPS) is 31.1. The Bertz CT molecular complexity index is 828. The molecule has 0 amide bonds. The lowest BCUT2D eigenvalue weighted by Gasteiger charge is -2.41. The van der Waals surface area contributed by atoms with Crippen LogP contribution in [0.15, 0.2) is 24.0 Å². The molecule has 1 aromatic rings. The molecule has 2 N–H and O–H groups in total. The summed E-state index contributed by atoms with van der Waals surface area (Å²) in [5.41, 5.74) is 1.83. The molecule has 0 radical (unpaired) electrons. The Morgan fingerprint density at radius 2 is 2.03 bits per heavy atom. The van der Waals surface area contributed by atoms with E-state index in [1.54, 1.807) is 7.11 Å². The molecule has 3 aliphatic rings. The van der Waals surface area contributed by atoms with E-state index in [1.165, 1.54) is 19.3 Å². The number of fused-ring (bicyclic) bond motifs is 1. The second-order valence-electron chi connectivity index (χ2n) is 10.4. The van der Waals surface area contributed by atoms with Gasteiger partial charge in [0.2, 0.25) is 0 Å². The highest BCUT2D eigenvalue weighted by atomic mass is 16.7. The van der Waals surface area contributed by atoms with Crippen molar-refractivity contribution in [1.29, 1.82) is 0 Å². The average Bonchev–Trinajstić information content (AvgIpc) is 3.69. The molecule has 0 spiro atoms. The van der Waals surface area contributed by atoms with Crippen LogP contribution in [0.4, 0.5) is 0 Å². The fraction of sp³-hybridized carbons (Fsp3) is 0.714. The van der Waals surface area contributed by atoms with Crippen LogP contribution in [0.1, 0.15) is 69.9 Å². The lowest BCUT2D eigenvalue weighted by atomic mass is 9.65. The summed E-state index contributed by atoms with van der Waals surface area (Å²) in [7, 11) is 1.62. The summed E-state index contributed by atoms with van der Waals surface area (Å²) in [6.45, 7) is 6.12. The van der Waals surface area contributed by atoms with Gasteiger partial charge in [0.1, 0.15) is 12.4 Å². The number of hydrogen-bond donors (Lipinski definition) is 2. The third-order valence-electron chi connectivity index (χ3n) is 8.03. The highest BCUT2D eigenvalue weighted by Crippen LogP contribution is 2.46. The summed E-state index contributed by atoms with van der Waals surface area (Å²) in [5, 5.41) is 20.0. The Kier molecular flexibility index (Phi) is 8.78. The molecule has 1 saturated carbocycles. The van der Waals surface area contributed by atoms with Gasteiger partial charge in [0.15, 0.2) is 17.8 Å². The molecule has 6 nitrogen and oxygen atoms in total. The molecule has 0 bridgehead atoms. The minimum Gasteiger partial charge on any atom is -0.504 e. The Morgan fingerprint density at radius 3 is 2.76 bits per heavy atom. The highest BCUT2D eigenvalue weighted by Gasteiger charge is 2.41. The fourth-order valence-corrected chi connectivity index (χ4v) is 6.07. The number of aryl methyl sites for hydroxylation is 1. The molecule has 0 aromatic heterocycles. The van der Waals surface area contributed by atoms with Gasteiger partial charge in [-0.2, -0.15) is 0 Å². The van der Waals surface area contributed by atoms with E-state index < -0.39 is 0 Å². The maximum atomic E-state index is 10.3. The Balaban J connectivity index is 1.27. The van der Waals surface area contributed by atoms with Crippen molar-refractivity contribution in [1.82, 2.24) is 0 Å². The molecule has 2 aliphatic heterocycles. The Morgan fingerprint density at radius 1 is 1.21 bits per heavy atom. The zero-order valence-corrected chi connectivity index (χ0v) is 21.0. The number of methoxy groups -OCH3 is 1. The summed E-state index contributed by atoms with van der Waals surface area (Å²) in [6.07, 6.45) is 8.40. The number of rotatable bonds is 10. The third-order valence-corrected chi connectivity index (χ3v) is 8.03. The largest absolute Gasteiger partial charge is 0.504 e. The fourth-order valence-electron chi connectivity index (χ4n) is 6.07. The van der Waals surface area contributed by atoms with Gasteiger partial charge >= 0.3 is 0 Å². The van der Waals surface area contributed by atoms with Crippen molar-refractivity contribution >= 4 is 5.76 Å². The molecule has 2 saturated heterocycles. The maximum absolute atomic E-state index is 10.3. The molecule has 4 rings (SSSR count). The standard InChI is InChI=1S/C28H42O6/c1-18(29)9-11-21-7-4-8-22-19(2)28(33-15-13-23(21)22)32-14-5-6-20-10-12-24(25(16-20)31-3)27(30)26-17-34-26/h10,12,16,18-19,21-23,28-30H,4-9,11,13-15,17H2,1-3H3/b27-26+/t18?,19-,21-,22+,23?,28+/m1/s1. The van der Waals surface area contributed by atoms with Crippen LogP contribution in [-0.2, 0) is 20.6 Å². The molecular weight excluding hydrogens is 432 g/mol. The van der Waals surface area contributed by atoms with Crippen LogP contribution in [-0.4, -0.2) is 49.5 Å². The van der Waals surface area contributed by atoms with E-state index in [-0.39, 0.29) is 18.2 Å². The minimum absolute atomic E-state index is 0.135. The molecule has 6 atom stereocenters. The molecule has 1 aliphatic carbocycles. The second-order valence-corrected chi connectivity index (χ2v) is 10.4. The first-order valence-corrected chi connectivity index (χ1v) is 13.1. The van der Waals surface area contributed by atoms with Gasteiger partial charge in [-0.15, -0.1) is 0 Å². The van der Waals surface area contributed by atoms with Gasteiger partial charge < -0.3 is 29.2 Å². The van der Waals surface area contributed by atoms with Gasteiger partial charge in [-0.05, 0) is 80.9 Å². The van der Waals surface area contributed by atoms with Crippen LogP contribution >= 0.6 is 0 Å². The summed E-state index contributed by atoms with van der Waals surface area (Å²) >= 11 is 0. The minimum atomic E-state index is -0.206. The topological polar surface area (TPSA) is 80.7 Å². The number of benzene rings is 1. The van der Waals surface area contributed by atoms with Gasteiger partial charge in [-0.1, -0.05) is 25.8 Å². The quantitative estimate of drug-likeness (QED) is 0.266. The summed E-state index contributed by atoms with van der Waals surface area (Å²) in [5.74, 6) is 3.88. The molecular formula is C28H42O6. The van der Waals surface area contributed by atoms with Gasteiger partial charge in [-0.25, -0.2) is 0 Å². The SMILES string of the molecule is COc1cc(CCCO[C@H]2OCCC3[C@@H](CCC(C)O)CCC[C@H]3[C@H]2C)ccc1/C(O)=C1/CO1. The summed E-state index contributed by atoms with van der Waals surface area (Å²) < 4.78 is 23.1. The van der Waals surface area contributed by atoms with E-state index in [1.807, 2.05) is 25.1 Å². The monoisotopic (exact) mass is 474 g/mol. The van der Waals surface area contributed by atoms with Crippen molar-refractivity contribution in [2.24, 2.45) is 23.7 Å². The van der Waals surface area contributed by atoms with Crippen LogP contribution < -0.4 is 4.74 Å². The molecule has 190 valence electrons. The maximum Gasteiger partial charge on any atom is 0.176 e. The van der Waals surface area contributed by atoms with E-state index in [2.05, 4.69) is 6.92 Å². The zero-order valence-electron chi connectivity index (χ0n) is 21.0. The van der Waals surface area contributed by atoms with E-state index >= 15 is 0 Å². The van der Waals surface area contributed by atoms with Crippen LogP contribution in [0.5, 0.6) is 5.75 Å². The van der Waals surface area contributed by atoms with Crippen LogP contribution in [0.2, 0.25) is 0 Å². The Hall–Kier alpha value is -1.76. The van der Waals surface area contributed by atoms with Crippen molar-refractivity contribution in [3.63, 3.8) is 0 Å². The van der Waals surface area contributed by atoms with Gasteiger partial charge in [0.25, 0.3) is 0 Å². The molecule has 3 fully saturated rings. The van der Waals surface area contributed by atoms with E-state index in [4.69, 9.17) is 18.9 Å². The number of epoxide rings is 1. The molecule has 2 unspecified atom stereocenters. The lowest BCUT2D eigenvalue weighted by molar-refractivity contribution is -0.171. The first-order chi connectivity index (χ1) is 16.5. The summed E-state index contributed by atoms with van der Waals surface area (Å²) in [4.78, 5) is 0. The predicted octanol–water partition coefficient (Wildman–Crippen LogP) is 5.48. The number of aliphatic hydroxyl groups excluding tert-OH is 2. The smallest absolute Gasteiger partial charge is 0.176 e. The highest BCUT2D eigenvalue weighted by molar-refractivity contribution is 5.68. The first kappa shape index (κ1) is 25.3. The van der Waals surface area contributed by atoms with E-state index in [0.29, 0.717) is 54.0 Å². The van der Waals surface area contributed by atoms with Gasteiger partial charge in [-0.3, -0.25) is 0 Å². The average molecular weight is 475 g/mol. The van der Waals surface area contributed by atoms with Gasteiger partial charge in [0, 0.05) is 5.92 Å². The van der Waals surface area contributed by atoms with Crippen molar-refractivity contribution in [2.75, 3.05) is 26.9 Å². The lowest BCUT2D eigenvalue weighted by Crippen LogP contribution is -2.36. The predicted molar refractivity (Wildman–Crippen MR) is 132 cm³/mol. The van der Waals surface area contributed by atoms with Gasteiger partial charge in [0.05, 0.1) is 32.0 Å². The van der Waals surface area contributed by atoms with E-state index in [9.17, 15) is 10.2 Å². The van der Waals surface area contributed by atoms with Crippen LogP contribution in [0.3, 0.4) is 0 Å². The molecule has 2 heterocycles. The molecule has 34 heavy (non-hydrogen) atoms. The number of hydrogen-bond acceptors (Lipinski definition) is 6. The third kappa shape index (κ3) is 6.27. The second kappa shape index (κ2) is 11.8. The zero-order chi connectivity index (χ0) is 24.1. The van der Waals surface area contributed by atoms with Crippen molar-refractivity contribution in [3.05, 3.63) is 35.1 Å². The van der Waals surface area contributed by atoms with Crippen molar-refractivity contribution in [2.45, 2.75) is 77.6 Å². The number of ether oxygens (including phenoxy) is 4. The first-order valence-electron chi connectivity index (χ1n) is 13.1. The number of aliphatic hydroxyl groups is 2. The van der Waals surface area contributed by atoms with E-state index in [0.717, 1.165) is 44.3 Å². The molecule has 1 aromatic carbocycles. The summed E-state index contributed by atoms with van der Waals surface area (Å²) in [6, 6.07) is 5.91. The molecule has 6 heteroatoms. The van der Waals surface area contributed by atoms with Crippen molar-refractivity contribution in [3.8, 4) is 5.75 Å². The van der Waals surface area contributed by atoms with Crippen LogP contribution in [0.25, 0.3) is 5.76 Å². The van der Waals surface area contributed by atoms with Crippen LogP contribution in [0, 0.1) is 23.7 Å². The Labute approximate surface area is 204 Å².